The van der Waals surface area contributed by atoms with Crippen molar-refractivity contribution < 1.29 is 20.1 Å². The number of benzene rings is 2. The predicted molar refractivity (Wildman–Crippen MR) is 108 cm³/mol. The van der Waals surface area contributed by atoms with Crippen LogP contribution in [0, 0.1) is 0 Å². The van der Waals surface area contributed by atoms with Crippen LogP contribution < -0.4 is 10.1 Å². The largest absolute Gasteiger partial charge is 0.508 e. The number of rotatable bonds is 8. The van der Waals surface area contributed by atoms with Gasteiger partial charge in [0.25, 0.3) is 0 Å². The maximum Gasteiger partial charge on any atom is 0.142 e. The van der Waals surface area contributed by atoms with E-state index < -0.39 is 0 Å². The monoisotopic (exact) mass is 386 g/mol. The van der Waals surface area contributed by atoms with Gasteiger partial charge in [0, 0.05) is 42.7 Å². The van der Waals surface area contributed by atoms with E-state index in [1.165, 1.54) is 5.56 Å². The highest BCUT2D eigenvalue weighted by atomic mass is 16.5. The highest BCUT2D eigenvalue weighted by Gasteiger charge is 2.26. The molecule has 0 bridgehead atoms. The molecule has 0 aromatic heterocycles. The number of aliphatic hydroxyl groups excluding tert-OH is 2. The number of nitrogens with one attached hydrogen (secondary N) is 1. The molecule has 1 aliphatic rings. The summed E-state index contributed by atoms with van der Waals surface area (Å²) in [7, 11) is 0. The van der Waals surface area contributed by atoms with Crippen molar-refractivity contribution in [1.82, 2.24) is 10.2 Å². The summed E-state index contributed by atoms with van der Waals surface area (Å²) in [6.07, 6.45) is 0. The molecule has 0 fully saturated rings. The lowest BCUT2D eigenvalue weighted by Gasteiger charge is -2.32. The molecule has 0 saturated heterocycles. The Morgan fingerprint density at radius 2 is 1.82 bits per heavy atom. The van der Waals surface area contributed by atoms with Crippen LogP contribution in [0.4, 0.5) is 0 Å². The van der Waals surface area contributed by atoms with Crippen LogP contribution in [0.5, 0.6) is 11.5 Å². The third kappa shape index (κ3) is 4.47. The lowest BCUT2D eigenvalue weighted by molar-refractivity contribution is 0.0770. The highest BCUT2D eigenvalue weighted by Crippen LogP contribution is 2.37. The van der Waals surface area contributed by atoms with E-state index >= 15 is 0 Å². The Kier molecular flexibility index (Phi) is 6.57. The van der Waals surface area contributed by atoms with Gasteiger partial charge in [-0.3, -0.25) is 4.90 Å². The molecule has 0 unspecified atom stereocenters. The maximum atomic E-state index is 10.2. The molecule has 0 spiro atoms. The number of ether oxygens (including phenoxy) is 1. The normalized spacial score (nSPS) is 14.6. The highest BCUT2D eigenvalue weighted by molar-refractivity contribution is 5.47. The Balaban J connectivity index is 1.86. The summed E-state index contributed by atoms with van der Waals surface area (Å²) in [4.78, 5) is 2.07. The van der Waals surface area contributed by atoms with E-state index in [1.54, 1.807) is 6.07 Å². The molecule has 1 aliphatic heterocycles. The molecule has 28 heavy (non-hydrogen) atoms. The van der Waals surface area contributed by atoms with Gasteiger partial charge in [-0.2, -0.15) is 0 Å². The summed E-state index contributed by atoms with van der Waals surface area (Å²) in [5, 5.41) is 31.4. The lowest BCUT2D eigenvalue weighted by atomic mass is 9.77. The molecule has 0 amide bonds. The average Bonchev–Trinajstić information content (AvgIpc) is 2.69. The van der Waals surface area contributed by atoms with E-state index in [4.69, 9.17) is 9.84 Å². The Bertz CT molecular complexity index is 807. The zero-order chi connectivity index (χ0) is 20.1. The van der Waals surface area contributed by atoms with Crippen molar-refractivity contribution in [2.45, 2.75) is 32.4 Å². The fourth-order valence-electron chi connectivity index (χ4n) is 3.55. The maximum absolute atomic E-state index is 10.2. The van der Waals surface area contributed by atoms with E-state index in [-0.39, 0.29) is 24.4 Å². The van der Waals surface area contributed by atoms with Crippen molar-refractivity contribution >= 4 is 0 Å². The van der Waals surface area contributed by atoms with Gasteiger partial charge in [0.2, 0.25) is 0 Å². The summed E-state index contributed by atoms with van der Waals surface area (Å²) in [6, 6.07) is 12.0. The molecule has 0 saturated carbocycles. The number of hydrogen-bond acceptors (Lipinski definition) is 6. The summed E-state index contributed by atoms with van der Waals surface area (Å²) in [6.45, 7) is 7.36. The number of fused-ring (bicyclic) bond motifs is 1. The van der Waals surface area contributed by atoms with Gasteiger partial charge in [-0.05, 0) is 35.4 Å². The summed E-state index contributed by atoms with van der Waals surface area (Å²) >= 11 is 0. The number of β-amino-alcohol motifs (C(OH)–C–C–N with tert-alkyl or cyclic N) is 1. The average molecular weight is 386 g/mol. The van der Waals surface area contributed by atoms with E-state index in [9.17, 15) is 10.2 Å². The van der Waals surface area contributed by atoms with Crippen molar-refractivity contribution in [3.63, 3.8) is 0 Å². The Labute approximate surface area is 166 Å². The third-order valence-electron chi connectivity index (χ3n) is 5.40. The molecule has 6 heteroatoms. The first-order valence-corrected chi connectivity index (χ1v) is 9.69. The molecule has 0 atom stereocenters. The van der Waals surface area contributed by atoms with Crippen molar-refractivity contribution in [1.29, 1.82) is 0 Å². The standard InChI is InChI=1S/C22H30N2O4/c1-22(2,18-3-5-20(27)16(11-18)13-23-7-9-25)19-4-6-21-17(12-19)14-24(8-10-26)15-28-21/h3-6,11-12,23,25-27H,7-10,13-15H2,1-2H3. The zero-order valence-electron chi connectivity index (χ0n) is 16.6. The number of phenols is 1. The first-order chi connectivity index (χ1) is 13.5. The van der Waals surface area contributed by atoms with Gasteiger partial charge < -0.3 is 25.4 Å². The third-order valence-corrected chi connectivity index (χ3v) is 5.40. The number of phenolic OH excluding ortho intramolecular Hbond substituents is 1. The predicted octanol–water partition coefficient (Wildman–Crippen LogP) is 1.94. The Hall–Kier alpha value is -2.12. The Morgan fingerprint density at radius 1 is 1.07 bits per heavy atom. The zero-order valence-corrected chi connectivity index (χ0v) is 16.6. The number of hydrogen-bond donors (Lipinski definition) is 4. The van der Waals surface area contributed by atoms with E-state index in [1.807, 2.05) is 18.2 Å². The second-order valence-corrected chi connectivity index (χ2v) is 7.74. The molecular weight excluding hydrogens is 356 g/mol. The summed E-state index contributed by atoms with van der Waals surface area (Å²) in [5.74, 6) is 1.15. The molecule has 1 heterocycles. The van der Waals surface area contributed by atoms with Crippen LogP contribution in [0.1, 0.15) is 36.1 Å². The second kappa shape index (κ2) is 8.92. The molecule has 2 aromatic carbocycles. The number of aliphatic hydroxyl groups is 2. The SMILES string of the molecule is CC(C)(c1ccc(O)c(CNCCO)c1)c1ccc2c(c1)CN(CCO)CO2. The fraction of sp³-hybridized carbons (Fsp3) is 0.455. The molecular formula is C22H30N2O4. The smallest absolute Gasteiger partial charge is 0.142 e. The fourth-order valence-corrected chi connectivity index (χ4v) is 3.55. The summed E-state index contributed by atoms with van der Waals surface area (Å²) in [5.41, 5.74) is 3.95. The van der Waals surface area contributed by atoms with Crippen LogP contribution in [0.3, 0.4) is 0 Å². The summed E-state index contributed by atoms with van der Waals surface area (Å²) < 4.78 is 5.80. The molecule has 2 aromatic rings. The minimum Gasteiger partial charge on any atom is -0.508 e. The van der Waals surface area contributed by atoms with Crippen LogP contribution in [0.25, 0.3) is 0 Å². The number of nitrogens with zero attached hydrogens (tertiary/aromatic N) is 1. The van der Waals surface area contributed by atoms with Crippen LogP contribution in [-0.2, 0) is 18.5 Å². The topological polar surface area (TPSA) is 85.2 Å². The quantitative estimate of drug-likeness (QED) is 0.519. The van der Waals surface area contributed by atoms with E-state index in [0.717, 1.165) is 29.0 Å². The lowest BCUT2D eigenvalue weighted by Crippen LogP contribution is -2.34. The minimum absolute atomic E-state index is 0.0659. The molecule has 3 rings (SSSR count). The van der Waals surface area contributed by atoms with Gasteiger partial charge in [0.15, 0.2) is 0 Å². The van der Waals surface area contributed by atoms with Crippen molar-refractivity contribution in [3.8, 4) is 11.5 Å². The second-order valence-electron chi connectivity index (χ2n) is 7.74. The van der Waals surface area contributed by atoms with Crippen molar-refractivity contribution in [3.05, 3.63) is 58.7 Å². The molecule has 0 aliphatic carbocycles. The van der Waals surface area contributed by atoms with E-state index in [2.05, 4.69) is 36.2 Å². The van der Waals surface area contributed by atoms with Crippen molar-refractivity contribution in [2.75, 3.05) is 33.0 Å². The van der Waals surface area contributed by atoms with Gasteiger partial charge in [-0.25, -0.2) is 0 Å². The van der Waals surface area contributed by atoms with Crippen LogP contribution in [0.2, 0.25) is 0 Å². The first-order valence-electron chi connectivity index (χ1n) is 9.69. The van der Waals surface area contributed by atoms with Gasteiger partial charge in [-0.1, -0.05) is 26.0 Å². The molecule has 152 valence electrons. The van der Waals surface area contributed by atoms with Crippen molar-refractivity contribution in [2.24, 2.45) is 0 Å². The van der Waals surface area contributed by atoms with Crippen LogP contribution in [-0.4, -0.2) is 53.3 Å². The van der Waals surface area contributed by atoms with Gasteiger partial charge in [-0.15, -0.1) is 0 Å². The molecule has 6 nitrogen and oxygen atoms in total. The number of aromatic hydroxyl groups is 1. The van der Waals surface area contributed by atoms with Gasteiger partial charge in [0.05, 0.1) is 13.2 Å². The first kappa shape index (κ1) is 20.6. The molecule has 4 N–H and O–H groups in total. The van der Waals surface area contributed by atoms with Crippen LogP contribution in [0.15, 0.2) is 36.4 Å². The van der Waals surface area contributed by atoms with Gasteiger partial charge in [0.1, 0.15) is 18.2 Å². The molecule has 0 radical (unpaired) electrons. The van der Waals surface area contributed by atoms with E-state index in [0.29, 0.717) is 26.4 Å². The van der Waals surface area contributed by atoms with Crippen LogP contribution >= 0.6 is 0 Å². The minimum atomic E-state index is -0.256. The Morgan fingerprint density at radius 3 is 2.57 bits per heavy atom. The van der Waals surface area contributed by atoms with Gasteiger partial charge >= 0.3 is 0 Å².